The lowest BCUT2D eigenvalue weighted by Crippen LogP contribution is -2.36. The Kier molecular flexibility index (Phi) is 4.42. The maximum Gasteiger partial charge on any atom is 0.259 e. The van der Waals surface area contributed by atoms with Gasteiger partial charge in [-0.1, -0.05) is 11.3 Å². The number of nitrogens with zero attached hydrogens (tertiary/aromatic N) is 2. The topological polar surface area (TPSA) is 67.6 Å². The van der Waals surface area contributed by atoms with E-state index in [0.29, 0.717) is 11.3 Å². The molecule has 7 heteroatoms. The molecule has 1 aliphatic rings. The number of hydrogen-bond donors (Lipinski definition) is 1. The summed E-state index contributed by atoms with van der Waals surface area (Å²) >= 11 is 1.64. The highest BCUT2D eigenvalue weighted by atomic mass is 32.1. The molecule has 1 aromatic carbocycles. The molecule has 3 heterocycles. The SMILES string of the molecule is Cc1oc(C)c(C(=O)Nc2ccc3nc(N4CCOCC4)sc3c2)c1C. The van der Waals surface area contributed by atoms with Crippen LogP contribution in [0.15, 0.2) is 22.6 Å². The van der Waals surface area contributed by atoms with E-state index in [0.717, 1.165) is 58.7 Å². The highest BCUT2D eigenvalue weighted by molar-refractivity contribution is 7.22. The summed E-state index contributed by atoms with van der Waals surface area (Å²) in [6.45, 7) is 8.79. The Morgan fingerprint density at radius 3 is 2.65 bits per heavy atom. The molecule has 0 bridgehead atoms. The molecular formula is C19H21N3O3S. The number of rotatable bonds is 3. The van der Waals surface area contributed by atoms with Crippen LogP contribution in [-0.4, -0.2) is 37.2 Å². The molecule has 1 N–H and O–H groups in total. The quantitative estimate of drug-likeness (QED) is 0.756. The Labute approximate surface area is 155 Å². The van der Waals surface area contributed by atoms with Crippen molar-refractivity contribution in [2.45, 2.75) is 20.8 Å². The van der Waals surface area contributed by atoms with Gasteiger partial charge < -0.3 is 19.4 Å². The van der Waals surface area contributed by atoms with Crippen molar-refractivity contribution in [3.8, 4) is 0 Å². The van der Waals surface area contributed by atoms with Gasteiger partial charge in [0.1, 0.15) is 11.5 Å². The van der Waals surface area contributed by atoms with E-state index in [1.54, 1.807) is 11.3 Å². The fourth-order valence-corrected chi connectivity index (χ4v) is 4.26. The number of furan rings is 1. The zero-order valence-electron chi connectivity index (χ0n) is 15.1. The molecule has 136 valence electrons. The van der Waals surface area contributed by atoms with Gasteiger partial charge in [-0.25, -0.2) is 4.98 Å². The fourth-order valence-electron chi connectivity index (χ4n) is 3.20. The standard InChI is InChI=1S/C19H21N3O3S/c1-11-12(2)25-13(3)17(11)18(23)20-14-4-5-15-16(10-14)26-19(21-15)22-6-8-24-9-7-22/h4-5,10H,6-9H2,1-3H3,(H,20,23). The first kappa shape index (κ1) is 17.1. The van der Waals surface area contributed by atoms with Crippen LogP contribution in [0.2, 0.25) is 0 Å². The van der Waals surface area contributed by atoms with Gasteiger partial charge in [0, 0.05) is 24.3 Å². The van der Waals surface area contributed by atoms with E-state index in [1.165, 1.54) is 0 Å². The summed E-state index contributed by atoms with van der Waals surface area (Å²) in [5.74, 6) is 1.28. The van der Waals surface area contributed by atoms with Crippen LogP contribution in [-0.2, 0) is 4.74 Å². The molecule has 0 unspecified atom stereocenters. The molecule has 26 heavy (non-hydrogen) atoms. The van der Waals surface area contributed by atoms with Crippen molar-refractivity contribution in [2.75, 3.05) is 36.5 Å². The zero-order chi connectivity index (χ0) is 18.3. The van der Waals surface area contributed by atoms with Crippen molar-refractivity contribution in [3.63, 3.8) is 0 Å². The van der Waals surface area contributed by atoms with Crippen LogP contribution >= 0.6 is 11.3 Å². The number of aromatic nitrogens is 1. The predicted octanol–water partition coefficient (Wildman–Crippen LogP) is 3.90. The summed E-state index contributed by atoms with van der Waals surface area (Å²) in [4.78, 5) is 19.6. The Morgan fingerprint density at radius 1 is 1.19 bits per heavy atom. The lowest BCUT2D eigenvalue weighted by Gasteiger charge is -2.25. The molecule has 3 aromatic rings. The van der Waals surface area contributed by atoms with Crippen LogP contribution in [0.5, 0.6) is 0 Å². The van der Waals surface area contributed by atoms with Crippen molar-refractivity contribution in [1.82, 2.24) is 4.98 Å². The van der Waals surface area contributed by atoms with Crippen molar-refractivity contribution in [2.24, 2.45) is 0 Å². The van der Waals surface area contributed by atoms with E-state index < -0.39 is 0 Å². The molecule has 1 saturated heterocycles. The molecule has 4 rings (SSSR count). The van der Waals surface area contributed by atoms with Crippen LogP contribution in [0.1, 0.15) is 27.4 Å². The molecule has 2 aromatic heterocycles. The van der Waals surface area contributed by atoms with E-state index >= 15 is 0 Å². The largest absolute Gasteiger partial charge is 0.466 e. The number of fused-ring (bicyclic) bond motifs is 1. The van der Waals surface area contributed by atoms with E-state index in [4.69, 9.17) is 14.1 Å². The highest BCUT2D eigenvalue weighted by Gasteiger charge is 2.19. The summed E-state index contributed by atoms with van der Waals surface area (Å²) in [5, 5.41) is 3.98. The molecule has 1 amide bonds. The molecule has 6 nitrogen and oxygen atoms in total. The van der Waals surface area contributed by atoms with Crippen molar-refractivity contribution >= 4 is 38.3 Å². The predicted molar refractivity (Wildman–Crippen MR) is 104 cm³/mol. The Balaban J connectivity index is 1.58. The molecule has 1 fully saturated rings. The Bertz CT molecular complexity index is 970. The number of ether oxygens (including phenoxy) is 1. The van der Waals surface area contributed by atoms with Gasteiger partial charge in [0.15, 0.2) is 5.13 Å². The van der Waals surface area contributed by atoms with E-state index in [-0.39, 0.29) is 5.91 Å². The van der Waals surface area contributed by atoms with Gasteiger partial charge in [0.2, 0.25) is 0 Å². The number of amides is 1. The molecule has 0 saturated carbocycles. The van der Waals surface area contributed by atoms with Crippen LogP contribution in [0, 0.1) is 20.8 Å². The first-order chi connectivity index (χ1) is 12.5. The van der Waals surface area contributed by atoms with E-state index in [1.807, 2.05) is 39.0 Å². The average molecular weight is 371 g/mol. The summed E-state index contributed by atoms with van der Waals surface area (Å²) in [7, 11) is 0. The first-order valence-electron chi connectivity index (χ1n) is 8.64. The van der Waals surface area contributed by atoms with Crippen molar-refractivity contribution in [3.05, 3.63) is 40.8 Å². The normalized spacial score (nSPS) is 14.8. The molecule has 0 radical (unpaired) electrons. The molecule has 0 spiro atoms. The lowest BCUT2D eigenvalue weighted by atomic mass is 10.1. The Morgan fingerprint density at radius 2 is 1.96 bits per heavy atom. The number of morpholine rings is 1. The second-order valence-corrected chi connectivity index (χ2v) is 7.46. The number of carbonyl (C=O) groups excluding carboxylic acids is 1. The molecule has 1 aliphatic heterocycles. The summed E-state index contributed by atoms with van der Waals surface area (Å²) in [5.41, 5.74) is 3.20. The van der Waals surface area contributed by atoms with Gasteiger partial charge in [-0.3, -0.25) is 4.79 Å². The van der Waals surface area contributed by atoms with Crippen LogP contribution in [0.3, 0.4) is 0 Å². The van der Waals surface area contributed by atoms with Crippen molar-refractivity contribution in [1.29, 1.82) is 0 Å². The second kappa shape index (κ2) is 6.74. The van der Waals surface area contributed by atoms with Crippen LogP contribution < -0.4 is 10.2 Å². The minimum absolute atomic E-state index is 0.144. The summed E-state index contributed by atoms with van der Waals surface area (Å²) < 4.78 is 12.0. The lowest BCUT2D eigenvalue weighted by molar-refractivity contribution is 0.102. The summed E-state index contributed by atoms with van der Waals surface area (Å²) in [6.07, 6.45) is 0. The smallest absolute Gasteiger partial charge is 0.259 e. The van der Waals surface area contributed by atoms with Gasteiger partial charge >= 0.3 is 0 Å². The third-order valence-corrected chi connectivity index (χ3v) is 5.78. The zero-order valence-corrected chi connectivity index (χ0v) is 15.9. The van der Waals surface area contributed by atoms with Crippen LogP contribution in [0.4, 0.5) is 10.8 Å². The second-order valence-electron chi connectivity index (χ2n) is 6.45. The first-order valence-corrected chi connectivity index (χ1v) is 9.46. The summed E-state index contributed by atoms with van der Waals surface area (Å²) in [6, 6.07) is 5.82. The monoisotopic (exact) mass is 371 g/mol. The number of aryl methyl sites for hydroxylation is 2. The van der Waals surface area contributed by atoms with Gasteiger partial charge in [0.25, 0.3) is 5.91 Å². The number of benzene rings is 1. The molecular weight excluding hydrogens is 350 g/mol. The Hall–Kier alpha value is -2.38. The number of carbonyl (C=O) groups is 1. The number of hydrogen-bond acceptors (Lipinski definition) is 6. The molecule has 0 aliphatic carbocycles. The third-order valence-electron chi connectivity index (χ3n) is 4.71. The number of nitrogens with one attached hydrogen (secondary N) is 1. The van der Waals surface area contributed by atoms with Gasteiger partial charge in [-0.15, -0.1) is 0 Å². The third kappa shape index (κ3) is 3.08. The van der Waals surface area contributed by atoms with Crippen molar-refractivity contribution < 1.29 is 13.9 Å². The van der Waals surface area contributed by atoms with Crippen LogP contribution in [0.25, 0.3) is 10.2 Å². The van der Waals surface area contributed by atoms with E-state index in [2.05, 4.69) is 10.2 Å². The van der Waals surface area contributed by atoms with Gasteiger partial charge in [-0.2, -0.15) is 0 Å². The maximum absolute atomic E-state index is 12.7. The minimum atomic E-state index is -0.144. The molecule has 0 atom stereocenters. The number of anilines is 2. The van der Waals surface area contributed by atoms with Gasteiger partial charge in [0.05, 0.1) is 29.0 Å². The van der Waals surface area contributed by atoms with E-state index in [9.17, 15) is 4.79 Å². The minimum Gasteiger partial charge on any atom is -0.466 e. The number of thiazole rings is 1. The average Bonchev–Trinajstić information content (AvgIpc) is 3.16. The maximum atomic E-state index is 12.7. The fraction of sp³-hybridized carbons (Fsp3) is 0.368. The highest BCUT2D eigenvalue weighted by Crippen LogP contribution is 2.31. The van der Waals surface area contributed by atoms with Gasteiger partial charge in [-0.05, 0) is 39.0 Å².